The van der Waals surface area contributed by atoms with Crippen LogP contribution >= 0.6 is 12.4 Å². The van der Waals surface area contributed by atoms with Crippen molar-refractivity contribution in [2.45, 2.75) is 43.3 Å². The van der Waals surface area contributed by atoms with E-state index >= 15 is 0 Å². The lowest BCUT2D eigenvalue weighted by Gasteiger charge is -2.38. The SMILES string of the molecule is COc1ccc(C2(CNC(=O)[C@@H]3CC[C@H](CN)O3)CCOCC2)cc1.Cl. The number of nitrogens with two attached hydrogens (primary N) is 1. The Bertz CT molecular complexity index is 575. The van der Waals surface area contributed by atoms with E-state index in [4.69, 9.17) is 19.9 Å². The molecule has 2 heterocycles. The Balaban J connectivity index is 0.00000243. The van der Waals surface area contributed by atoms with Gasteiger partial charge >= 0.3 is 0 Å². The average Bonchev–Trinajstić information content (AvgIpc) is 3.16. The zero-order chi connectivity index (χ0) is 17.7. The summed E-state index contributed by atoms with van der Waals surface area (Å²) in [6.45, 7) is 2.47. The standard InChI is InChI=1S/C19H28N2O4.ClH/c1-23-15-4-2-14(3-5-15)19(8-10-24-11-9-19)13-21-18(22)17-7-6-16(12-20)25-17;/h2-5,16-17H,6-13,20H2,1H3,(H,21,22);1H/t16-,17+;/m1./s1. The summed E-state index contributed by atoms with van der Waals surface area (Å²) in [7, 11) is 1.66. The van der Waals surface area contributed by atoms with Crippen molar-refractivity contribution >= 4 is 18.3 Å². The van der Waals surface area contributed by atoms with Gasteiger partial charge in [0.15, 0.2) is 0 Å². The fourth-order valence-corrected chi connectivity index (χ4v) is 3.72. The molecule has 0 spiro atoms. The second-order valence-electron chi connectivity index (χ2n) is 6.90. The minimum absolute atomic E-state index is 0. The molecule has 1 aromatic carbocycles. The van der Waals surface area contributed by atoms with Crippen LogP contribution in [0.25, 0.3) is 0 Å². The number of ether oxygens (including phenoxy) is 3. The van der Waals surface area contributed by atoms with Gasteiger partial charge in [0.05, 0.1) is 13.2 Å². The number of hydrogen-bond donors (Lipinski definition) is 2. The first-order valence-corrected chi connectivity index (χ1v) is 9.02. The van der Waals surface area contributed by atoms with Gasteiger partial charge in [-0.15, -0.1) is 12.4 Å². The molecule has 3 rings (SSSR count). The van der Waals surface area contributed by atoms with Crippen LogP contribution in [-0.4, -0.2) is 51.5 Å². The number of halogens is 1. The zero-order valence-corrected chi connectivity index (χ0v) is 16.1. The fraction of sp³-hybridized carbons (Fsp3) is 0.632. The maximum atomic E-state index is 12.5. The van der Waals surface area contributed by atoms with Crippen molar-refractivity contribution in [3.63, 3.8) is 0 Å². The van der Waals surface area contributed by atoms with Crippen LogP contribution in [0.4, 0.5) is 0 Å². The number of hydrogen-bond acceptors (Lipinski definition) is 5. The highest BCUT2D eigenvalue weighted by Crippen LogP contribution is 2.35. The molecule has 7 heteroatoms. The van der Waals surface area contributed by atoms with E-state index in [1.807, 2.05) is 12.1 Å². The van der Waals surface area contributed by atoms with Crippen LogP contribution in [0.1, 0.15) is 31.2 Å². The molecule has 1 amide bonds. The normalized spacial score (nSPS) is 24.5. The molecule has 2 saturated heterocycles. The van der Waals surface area contributed by atoms with Crippen LogP contribution in [0.2, 0.25) is 0 Å². The van der Waals surface area contributed by atoms with Crippen LogP contribution < -0.4 is 15.8 Å². The number of nitrogens with one attached hydrogen (secondary N) is 1. The Morgan fingerprint density at radius 2 is 1.96 bits per heavy atom. The number of benzene rings is 1. The van der Waals surface area contributed by atoms with E-state index in [1.54, 1.807) is 7.11 Å². The molecule has 2 aliphatic heterocycles. The highest BCUT2D eigenvalue weighted by molar-refractivity contribution is 5.85. The topological polar surface area (TPSA) is 82.8 Å². The molecular formula is C19H29ClN2O4. The molecule has 0 aromatic heterocycles. The third-order valence-electron chi connectivity index (χ3n) is 5.42. The predicted molar refractivity (Wildman–Crippen MR) is 102 cm³/mol. The first-order chi connectivity index (χ1) is 12.2. The van der Waals surface area contributed by atoms with Gasteiger partial charge in [0.1, 0.15) is 11.9 Å². The van der Waals surface area contributed by atoms with E-state index in [0.29, 0.717) is 26.3 Å². The third-order valence-corrected chi connectivity index (χ3v) is 5.42. The quantitative estimate of drug-likeness (QED) is 0.781. The molecule has 1 aromatic rings. The Morgan fingerprint density at radius 1 is 1.27 bits per heavy atom. The Labute approximate surface area is 161 Å². The summed E-state index contributed by atoms with van der Waals surface area (Å²) in [5, 5.41) is 3.12. The summed E-state index contributed by atoms with van der Waals surface area (Å²) >= 11 is 0. The number of carbonyl (C=O) groups excluding carboxylic acids is 1. The van der Waals surface area contributed by atoms with Crippen LogP contribution in [0.15, 0.2) is 24.3 Å². The lowest BCUT2D eigenvalue weighted by Crippen LogP contribution is -2.47. The minimum Gasteiger partial charge on any atom is -0.497 e. The molecule has 0 radical (unpaired) electrons. The van der Waals surface area contributed by atoms with Crippen molar-refractivity contribution in [2.24, 2.45) is 5.73 Å². The van der Waals surface area contributed by atoms with E-state index < -0.39 is 0 Å². The molecule has 26 heavy (non-hydrogen) atoms. The molecule has 2 aliphatic rings. The van der Waals surface area contributed by atoms with E-state index in [0.717, 1.165) is 31.4 Å². The van der Waals surface area contributed by atoms with Crippen molar-refractivity contribution in [1.29, 1.82) is 0 Å². The first-order valence-electron chi connectivity index (χ1n) is 9.02. The highest BCUT2D eigenvalue weighted by Gasteiger charge is 2.36. The number of carbonyl (C=O) groups is 1. The van der Waals surface area contributed by atoms with Gasteiger partial charge in [0, 0.05) is 31.7 Å². The van der Waals surface area contributed by atoms with E-state index in [1.165, 1.54) is 5.56 Å². The summed E-state index contributed by atoms with van der Waals surface area (Å²) in [6.07, 6.45) is 3.00. The van der Waals surface area contributed by atoms with Gasteiger partial charge in [0.2, 0.25) is 5.91 Å². The molecule has 2 fully saturated rings. The van der Waals surface area contributed by atoms with Gasteiger partial charge in [0.25, 0.3) is 0 Å². The highest BCUT2D eigenvalue weighted by atomic mass is 35.5. The van der Waals surface area contributed by atoms with E-state index in [-0.39, 0.29) is 35.9 Å². The van der Waals surface area contributed by atoms with Crippen molar-refractivity contribution in [2.75, 3.05) is 33.4 Å². The molecule has 2 atom stereocenters. The van der Waals surface area contributed by atoms with Gasteiger partial charge in [-0.2, -0.15) is 0 Å². The molecule has 6 nitrogen and oxygen atoms in total. The molecule has 0 bridgehead atoms. The summed E-state index contributed by atoms with van der Waals surface area (Å²) in [6, 6.07) is 8.13. The van der Waals surface area contributed by atoms with Gasteiger partial charge < -0.3 is 25.3 Å². The second kappa shape index (κ2) is 9.55. The Hall–Kier alpha value is -1.34. The lowest BCUT2D eigenvalue weighted by molar-refractivity contribution is -0.132. The monoisotopic (exact) mass is 384 g/mol. The molecule has 146 valence electrons. The zero-order valence-electron chi connectivity index (χ0n) is 15.2. The molecule has 0 saturated carbocycles. The lowest BCUT2D eigenvalue weighted by atomic mass is 9.74. The van der Waals surface area contributed by atoms with Crippen LogP contribution in [0, 0.1) is 0 Å². The Kier molecular flexibility index (Phi) is 7.70. The van der Waals surface area contributed by atoms with Crippen LogP contribution in [-0.2, 0) is 19.7 Å². The van der Waals surface area contributed by atoms with Gasteiger partial charge in [-0.3, -0.25) is 4.79 Å². The van der Waals surface area contributed by atoms with E-state index in [9.17, 15) is 4.79 Å². The number of rotatable bonds is 6. The number of amides is 1. The first kappa shape index (κ1) is 21.0. The van der Waals surface area contributed by atoms with E-state index in [2.05, 4.69) is 17.4 Å². The summed E-state index contributed by atoms with van der Waals surface area (Å²) < 4.78 is 16.5. The summed E-state index contributed by atoms with van der Waals surface area (Å²) in [5.74, 6) is 0.803. The average molecular weight is 385 g/mol. The maximum absolute atomic E-state index is 12.5. The third kappa shape index (κ3) is 4.68. The second-order valence-corrected chi connectivity index (χ2v) is 6.90. The summed E-state index contributed by atoms with van der Waals surface area (Å²) in [5.41, 5.74) is 6.73. The maximum Gasteiger partial charge on any atom is 0.249 e. The summed E-state index contributed by atoms with van der Waals surface area (Å²) in [4.78, 5) is 12.5. The van der Waals surface area contributed by atoms with Crippen molar-refractivity contribution in [1.82, 2.24) is 5.32 Å². The van der Waals surface area contributed by atoms with Crippen molar-refractivity contribution in [3.8, 4) is 5.75 Å². The Morgan fingerprint density at radius 3 is 2.54 bits per heavy atom. The predicted octanol–water partition coefficient (Wildman–Crippen LogP) is 1.79. The van der Waals surface area contributed by atoms with Crippen molar-refractivity contribution in [3.05, 3.63) is 29.8 Å². The minimum atomic E-state index is -0.374. The smallest absolute Gasteiger partial charge is 0.249 e. The molecule has 0 unspecified atom stereocenters. The van der Waals surface area contributed by atoms with Crippen molar-refractivity contribution < 1.29 is 19.0 Å². The molecule has 0 aliphatic carbocycles. The van der Waals surface area contributed by atoms with Crippen LogP contribution in [0.5, 0.6) is 5.75 Å². The van der Waals surface area contributed by atoms with Gasteiger partial charge in [-0.1, -0.05) is 12.1 Å². The fourth-order valence-electron chi connectivity index (χ4n) is 3.72. The molecular weight excluding hydrogens is 356 g/mol. The largest absolute Gasteiger partial charge is 0.497 e. The van der Waals surface area contributed by atoms with Gasteiger partial charge in [-0.05, 0) is 43.4 Å². The van der Waals surface area contributed by atoms with Crippen LogP contribution in [0.3, 0.4) is 0 Å². The van der Waals surface area contributed by atoms with Gasteiger partial charge in [-0.25, -0.2) is 0 Å². The molecule has 3 N–H and O–H groups in total. The number of methoxy groups -OCH3 is 1.